The Morgan fingerprint density at radius 3 is 1.46 bits per heavy atom. The number of halogens is 2. The standard InChI is InChI=1S/C51H52Cl2N2S/c1-33-14-24-39(52)31-45(33)54(40-25-17-35(18-26-40)34-15-19-36(20-16-34)49(2,3)4)43-12-11-13-44(48(43)53)55(41-27-21-37(22-28-41)50(5,6)7)46-32-56-47-29-23-38(30-42(46)47)51(8,9)10/h11-32H,1-10H3. The van der Waals surface area contributed by atoms with Crippen LogP contribution in [0.4, 0.5) is 34.1 Å². The summed E-state index contributed by atoms with van der Waals surface area (Å²) in [6.45, 7) is 22.4. The molecule has 56 heavy (non-hydrogen) atoms. The van der Waals surface area contributed by atoms with E-state index in [0.717, 1.165) is 45.3 Å². The van der Waals surface area contributed by atoms with Gasteiger partial charge in [-0.3, -0.25) is 0 Å². The lowest BCUT2D eigenvalue weighted by Gasteiger charge is -2.32. The summed E-state index contributed by atoms with van der Waals surface area (Å²) in [5.74, 6) is 0. The molecule has 1 heterocycles. The highest BCUT2D eigenvalue weighted by molar-refractivity contribution is 7.17. The van der Waals surface area contributed by atoms with Gasteiger partial charge in [-0.2, -0.15) is 0 Å². The van der Waals surface area contributed by atoms with Gasteiger partial charge < -0.3 is 9.80 Å². The lowest BCUT2D eigenvalue weighted by molar-refractivity contribution is 0.590. The Morgan fingerprint density at radius 2 is 0.929 bits per heavy atom. The fourth-order valence-electron chi connectivity index (χ4n) is 7.22. The zero-order chi connectivity index (χ0) is 40.2. The Hall–Kier alpha value is -4.54. The topological polar surface area (TPSA) is 6.48 Å². The number of hydrogen-bond acceptors (Lipinski definition) is 3. The van der Waals surface area contributed by atoms with Crippen LogP contribution in [0.15, 0.2) is 133 Å². The molecule has 0 aliphatic rings. The fourth-order valence-corrected chi connectivity index (χ4v) is 8.59. The van der Waals surface area contributed by atoms with Crippen molar-refractivity contribution in [1.29, 1.82) is 0 Å². The van der Waals surface area contributed by atoms with Crippen LogP contribution in [0.25, 0.3) is 21.2 Å². The van der Waals surface area contributed by atoms with Crippen LogP contribution in [0.2, 0.25) is 10.0 Å². The second-order valence-corrected chi connectivity index (χ2v) is 19.7. The average molecular weight is 796 g/mol. The summed E-state index contributed by atoms with van der Waals surface area (Å²) in [4.78, 5) is 4.57. The summed E-state index contributed by atoms with van der Waals surface area (Å²) in [6.07, 6.45) is 0. The molecule has 0 saturated heterocycles. The molecule has 0 aliphatic heterocycles. The Kier molecular flexibility index (Phi) is 10.7. The second-order valence-electron chi connectivity index (χ2n) is 18.0. The summed E-state index contributed by atoms with van der Waals surface area (Å²) in [5.41, 5.74) is 13.3. The molecule has 0 unspecified atom stereocenters. The number of fused-ring (bicyclic) bond motifs is 1. The van der Waals surface area contributed by atoms with Gasteiger partial charge in [0, 0.05) is 31.9 Å². The smallest absolute Gasteiger partial charge is 0.0887 e. The van der Waals surface area contributed by atoms with Gasteiger partial charge in [-0.05, 0) is 117 Å². The van der Waals surface area contributed by atoms with E-state index in [1.807, 2.05) is 12.1 Å². The van der Waals surface area contributed by atoms with E-state index in [0.29, 0.717) is 10.0 Å². The van der Waals surface area contributed by atoms with E-state index in [-0.39, 0.29) is 16.2 Å². The van der Waals surface area contributed by atoms with E-state index in [1.165, 1.54) is 32.3 Å². The Labute approximate surface area is 348 Å². The van der Waals surface area contributed by atoms with Gasteiger partial charge in [0.1, 0.15) is 0 Å². The van der Waals surface area contributed by atoms with Crippen LogP contribution in [0.1, 0.15) is 84.6 Å². The molecule has 0 aliphatic carbocycles. The Morgan fingerprint density at radius 1 is 0.464 bits per heavy atom. The van der Waals surface area contributed by atoms with Crippen LogP contribution in [0.3, 0.4) is 0 Å². The molecule has 0 radical (unpaired) electrons. The van der Waals surface area contributed by atoms with Gasteiger partial charge >= 0.3 is 0 Å². The number of hydrogen-bond donors (Lipinski definition) is 0. The Balaban J connectivity index is 1.40. The predicted octanol–water partition coefficient (Wildman–Crippen LogP) is 17.0. The summed E-state index contributed by atoms with van der Waals surface area (Å²) in [5, 5.41) is 4.78. The van der Waals surface area contributed by atoms with Gasteiger partial charge in [0.2, 0.25) is 0 Å². The van der Waals surface area contributed by atoms with E-state index < -0.39 is 0 Å². The maximum Gasteiger partial charge on any atom is 0.0887 e. The molecule has 1 aromatic heterocycles. The lowest BCUT2D eigenvalue weighted by atomic mass is 9.86. The molecule has 7 rings (SSSR count). The minimum atomic E-state index is 0.00485. The van der Waals surface area contributed by atoms with Crippen LogP contribution in [-0.4, -0.2) is 0 Å². The molecule has 286 valence electrons. The molecule has 0 saturated carbocycles. The van der Waals surface area contributed by atoms with E-state index in [4.69, 9.17) is 23.2 Å². The molecule has 0 amide bonds. The SMILES string of the molecule is Cc1ccc(Cl)cc1N(c1ccc(-c2ccc(C(C)(C)C)cc2)cc1)c1cccc(N(c2ccc(C(C)(C)C)cc2)c2csc3ccc(C(C)(C)C)cc23)c1Cl. The maximum absolute atomic E-state index is 7.78. The van der Waals surface area contributed by atoms with Crippen LogP contribution in [-0.2, 0) is 16.2 Å². The highest BCUT2D eigenvalue weighted by Gasteiger charge is 2.26. The minimum absolute atomic E-state index is 0.00485. The normalized spacial score (nSPS) is 12.3. The first-order valence-electron chi connectivity index (χ1n) is 19.4. The molecule has 2 nitrogen and oxygen atoms in total. The molecule has 0 fully saturated rings. The Bertz CT molecular complexity index is 2490. The summed E-state index contributed by atoms with van der Waals surface area (Å²) in [7, 11) is 0. The van der Waals surface area contributed by atoms with Crippen LogP contribution >= 0.6 is 34.5 Å². The van der Waals surface area contributed by atoms with Crippen molar-refractivity contribution < 1.29 is 0 Å². The number of nitrogens with zero attached hydrogens (tertiary/aromatic N) is 2. The van der Waals surface area contributed by atoms with Gasteiger partial charge in [0.15, 0.2) is 0 Å². The molecule has 0 bridgehead atoms. The van der Waals surface area contributed by atoms with E-state index in [2.05, 4.69) is 200 Å². The third-order valence-electron chi connectivity index (χ3n) is 10.7. The van der Waals surface area contributed by atoms with Crippen molar-refractivity contribution in [2.75, 3.05) is 9.80 Å². The van der Waals surface area contributed by atoms with Crippen molar-refractivity contribution in [2.24, 2.45) is 0 Å². The zero-order valence-corrected chi connectivity index (χ0v) is 36.6. The van der Waals surface area contributed by atoms with Crippen molar-refractivity contribution in [3.63, 3.8) is 0 Å². The number of benzene rings is 6. The summed E-state index contributed by atoms with van der Waals surface area (Å²) in [6, 6.07) is 45.9. The number of anilines is 6. The van der Waals surface area contributed by atoms with Crippen molar-refractivity contribution in [3.8, 4) is 11.1 Å². The monoisotopic (exact) mass is 794 g/mol. The van der Waals surface area contributed by atoms with Gasteiger partial charge in [0.05, 0.1) is 27.8 Å². The minimum Gasteiger partial charge on any atom is -0.309 e. The fraction of sp³-hybridized carbons (Fsp3) is 0.255. The van der Waals surface area contributed by atoms with Crippen molar-refractivity contribution >= 4 is 78.7 Å². The first-order valence-corrected chi connectivity index (χ1v) is 21.0. The average Bonchev–Trinajstić information content (AvgIpc) is 3.57. The number of aryl methyl sites for hydroxylation is 1. The quantitative estimate of drug-likeness (QED) is 0.159. The second kappa shape index (κ2) is 15.1. The van der Waals surface area contributed by atoms with Gasteiger partial charge in [-0.15, -0.1) is 11.3 Å². The maximum atomic E-state index is 7.78. The highest BCUT2D eigenvalue weighted by Crippen LogP contribution is 2.50. The first kappa shape index (κ1) is 39.7. The zero-order valence-electron chi connectivity index (χ0n) is 34.3. The molecular weight excluding hydrogens is 744 g/mol. The highest BCUT2D eigenvalue weighted by atomic mass is 35.5. The van der Waals surface area contributed by atoms with E-state index >= 15 is 0 Å². The third kappa shape index (κ3) is 8.00. The van der Waals surface area contributed by atoms with Gasteiger partial charge in [-0.25, -0.2) is 0 Å². The lowest BCUT2D eigenvalue weighted by Crippen LogP contribution is -2.16. The molecule has 5 heteroatoms. The van der Waals surface area contributed by atoms with Crippen molar-refractivity contribution in [3.05, 3.63) is 165 Å². The molecule has 0 N–H and O–H groups in total. The summed E-state index contributed by atoms with van der Waals surface area (Å²) < 4.78 is 1.24. The molecular formula is C51H52Cl2N2S. The number of thiophene rings is 1. The molecule has 0 spiro atoms. The van der Waals surface area contributed by atoms with E-state index in [9.17, 15) is 0 Å². The van der Waals surface area contributed by atoms with Gasteiger partial charge in [0.25, 0.3) is 0 Å². The number of rotatable bonds is 7. The first-order chi connectivity index (χ1) is 26.4. The van der Waals surface area contributed by atoms with Crippen molar-refractivity contribution in [2.45, 2.75) is 85.5 Å². The predicted molar refractivity (Wildman–Crippen MR) is 247 cm³/mol. The molecule has 6 aromatic carbocycles. The van der Waals surface area contributed by atoms with Crippen LogP contribution in [0, 0.1) is 6.92 Å². The van der Waals surface area contributed by atoms with Crippen LogP contribution < -0.4 is 9.80 Å². The molecule has 7 aromatic rings. The van der Waals surface area contributed by atoms with Crippen LogP contribution in [0.5, 0.6) is 0 Å². The molecule has 0 atom stereocenters. The van der Waals surface area contributed by atoms with Crippen molar-refractivity contribution in [1.82, 2.24) is 0 Å². The van der Waals surface area contributed by atoms with Gasteiger partial charge in [-0.1, -0.05) is 152 Å². The third-order valence-corrected chi connectivity index (χ3v) is 12.3. The summed E-state index contributed by atoms with van der Waals surface area (Å²) >= 11 is 16.3. The van der Waals surface area contributed by atoms with E-state index in [1.54, 1.807) is 11.3 Å². The largest absolute Gasteiger partial charge is 0.309 e.